The Balaban J connectivity index is 2.08. The second kappa shape index (κ2) is 9.06. The number of rotatable bonds is 9. The van der Waals surface area contributed by atoms with E-state index in [0.29, 0.717) is 24.2 Å². The average molecular weight is 437 g/mol. The van der Waals surface area contributed by atoms with Gasteiger partial charge in [0.2, 0.25) is 20.0 Å². The summed E-state index contributed by atoms with van der Waals surface area (Å²) in [6.45, 7) is 3.41. The third kappa shape index (κ3) is 6.13. The van der Waals surface area contributed by atoms with Crippen LogP contribution in [0.2, 0.25) is 0 Å². The maximum Gasteiger partial charge on any atom is 0.214 e. The molecule has 0 unspecified atom stereocenters. The van der Waals surface area contributed by atoms with Crippen molar-refractivity contribution in [1.82, 2.24) is 9.44 Å². The first-order valence-electron chi connectivity index (χ1n) is 9.32. The van der Waals surface area contributed by atoms with E-state index in [1.807, 2.05) is 0 Å². The Morgan fingerprint density at radius 2 is 1.82 bits per heavy atom. The quantitative estimate of drug-likeness (QED) is 0.577. The molecule has 0 heterocycles. The van der Waals surface area contributed by atoms with Crippen LogP contribution in [-0.4, -0.2) is 47.5 Å². The molecule has 0 radical (unpaired) electrons. The van der Waals surface area contributed by atoms with Crippen molar-refractivity contribution < 1.29 is 26.0 Å². The monoisotopic (exact) mass is 436 g/mol. The summed E-state index contributed by atoms with van der Waals surface area (Å²) in [7, 11) is -6.85. The molecule has 0 saturated heterocycles. The first-order chi connectivity index (χ1) is 12.9. The van der Waals surface area contributed by atoms with E-state index in [0.717, 1.165) is 12.7 Å². The van der Waals surface area contributed by atoms with E-state index in [1.54, 1.807) is 38.1 Å². The zero-order valence-corrected chi connectivity index (χ0v) is 18.1. The molecule has 1 aromatic carbocycles. The van der Waals surface area contributed by atoms with Gasteiger partial charge in [-0.3, -0.25) is 0 Å². The molecular formula is C18H29FN2O5S2. The van der Waals surface area contributed by atoms with E-state index in [2.05, 4.69) is 9.44 Å². The summed E-state index contributed by atoms with van der Waals surface area (Å²) >= 11 is 0. The Labute approximate surface area is 167 Å². The highest BCUT2D eigenvalue weighted by atomic mass is 32.2. The fourth-order valence-electron chi connectivity index (χ4n) is 3.19. The molecule has 1 aliphatic rings. The van der Waals surface area contributed by atoms with Crippen LogP contribution in [-0.2, 0) is 25.7 Å². The van der Waals surface area contributed by atoms with Crippen molar-refractivity contribution in [3.63, 3.8) is 0 Å². The molecule has 2 atom stereocenters. The number of hydrogen-bond acceptors (Lipinski definition) is 5. The molecule has 0 aliphatic heterocycles. The molecule has 10 heteroatoms. The number of nitrogens with one attached hydrogen (secondary N) is 2. The fourth-order valence-corrected chi connectivity index (χ4v) is 4.62. The molecule has 7 nitrogen and oxygen atoms in total. The van der Waals surface area contributed by atoms with Gasteiger partial charge in [0.25, 0.3) is 0 Å². The number of benzene rings is 1. The first-order valence-corrected chi connectivity index (χ1v) is 12.8. The lowest BCUT2D eigenvalue weighted by molar-refractivity contribution is 0.0712. The number of sulfonamides is 2. The van der Waals surface area contributed by atoms with Crippen LogP contribution in [0.15, 0.2) is 24.3 Å². The number of hydrogen-bond donors (Lipinski definition) is 2. The highest BCUT2D eigenvalue weighted by Gasteiger charge is 2.44. The summed E-state index contributed by atoms with van der Waals surface area (Å²) in [4.78, 5) is 0. The summed E-state index contributed by atoms with van der Waals surface area (Å²) < 4.78 is 72.7. The molecule has 0 spiro atoms. The number of halogens is 1. The third-order valence-corrected chi connectivity index (χ3v) is 7.41. The molecule has 1 aliphatic carbocycles. The van der Waals surface area contributed by atoms with Gasteiger partial charge in [0.15, 0.2) is 5.67 Å². The molecule has 2 rings (SSSR count). The van der Waals surface area contributed by atoms with Crippen LogP contribution in [0, 0.1) is 0 Å². The van der Waals surface area contributed by atoms with Gasteiger partial charge in [-0.2, -0.15) is 0 Å². The van der Waals surface area contributed by atoms with Gasteiger partial charge in [0.05, 0.1) is 17.5 Å². The van der Waals surface area contributed by atoms with Crippen LogP contribution in [0.1, 0.15) is 45.1 Å². The van der Waals surface area contributed by atoms with Crippen molar-refractivity contribution in [2.45, 2.75) is 56.5 Å². The van der Waals surface area contributed by atoms with Crippen LogP contribution in [0.25, 0.3) is 0 Å². The van der Waals surface area contributed by atoms with Crippen LogP contribution in [0.4, 0.5) is 4.39 Å². The number of ether oxygens (including phenoxy) is 1. The van der Waals surface area contributed by atoms with Gasteiger partial charge in [-0.15, -0.1) is 0 Å². The van der Waals surface area contributed by atoms with E-state index in [-0.39, 0.29) is 19.6 Å². The van der Waals surface area contributed by atoms with Crippen molar-refractivity contribution in [2.75, 3.05) is 19.4 Å². The van der Waals surface area contributed by atoms with Crippen molar-refractivity contribution in [3.8, 4) is 5.75 Å². The first kappa shape index (κ1) is 23.1. The van der Waals surface area contributed by atoms with Crippen LogP contribution in [0.3, 0.4) is 0 Å². The average Bonchev–Trinajstić information content (AvgIpc) is 2.60. The molecule has 1 fully saturated rings. The van der Waals surface area contributed by atoms with E-state index in [4.69, 9.17) is 4.74 Å². The lowest BCUT2D eigenvalue weighted by atomic mass is 9.77. The van der Waals surface area contributed by atoms with E-state index < -0.39 is 37.0 Å². The second-order valence-corrected chi connectivity index (χ2v) is 11.5. The summed E-state index contributed by atoms with van der Waals surface area (Å²) in [5.74, 6) is 0.484. The highest BCUT2D eigenvalue weighted by Crippen LogP contribution is 2.41. The van der Waals surface area contributed by atoms with E-state index in [1.165, 1.54) is 0 Å². The standard InChI is InChI=1S/C18H29FN2O5S2/c1-14(2)28(24,25)21-17-6-4-5-11-18(17,19)15-7-9-16(10-8-15)26-13-12-20-27(3,22)23/h7-10,14,17,20-21H,4-6,11-13H2,1-3H3/t17-,18+/m0/s1. The largest absolute Gasteiger partial charge is 0.492 e. The van der Waals surface area contributed by atoms with Gasteiger partial charge in [-0.1, -0.05) is 18.6 Å². The summed E-state index contributed by atoms with van der Waals surface area (Å²) in [5.41, 5.74) is -1.37. The van der Waals surface area contributed by atoms with Gasteiger partial charge in [0, 0.05) is 6.54 Å². The second-order valence-electron chi connectivity index (χ2n) is 7.41. The van der Waals surface area contributed by atoms with Gasteiger partial charge in [-0.25, -0.2) is 30.7 Å². The minimum absolute atomic E-state index is 0.132. The Morgan fingerprint density at radius 3 is 2.39 bits per heavy atom. The zero-order valence-electron chi connectivity index (χ0n) is 16.4. The Hall–Kier alpha value is -1.23. The zero-order chi connectivity index (χ0) is 21.0. The van der Waals surface area contributed by atoms with Crippen molar-refractivity contribution in [1.29, 1.82) is 0 Å². The highest BCUT2D eigenvalue weighted by molar-refractivity contribution is 7.90. The minimum atomic E-state index is -3.58. The Kier molecular flexibility index (Phi) is 7.46. The van der Waals surface area contributed by atoms with Crippen LogP contribution >= 0.6 is 0 Å². The van der Waals surface area contributed by atoms with E-state index in [9.17, 15) is 16.8 Å². The molecule has 28 heavy (non-hydrogen) atoms. The predicted molar refractivity (Wildman–Crippen MR) is 107 cm³/mol. The van der Waals surface area contributed by atoms with E-state index >= 15 is 4.39 Å². The van der Waals surface area contributed by atoms with Crippen molar-refractivity contribution in [2.24, 2.45) is 0 Å². The Morgan fingerprint density at radius 1 is 1.18 bits per heavy atom. The SMILES string of the molecule is CC(C)S(=O)(=O)N[C@H]1CCCC[C@@]1(F)c1ccc(OCCNS(C)(=O)=O)cc1. The summed E-state index contributed by atoms with van der Waals surface area (Å²) in [5, 5.41) is -0.630. The molecule has 2 N–H and O–H groups in total. The van der Waals surface area contributed by atoms with Gasteiger partial charge >= 0.3 is 0 Å². The number of alkyl halides is 1. The maximum absolute atomic E-state index is 15.9. The normalized spacial score (nSPS) is 23.7. The smallest absolute Gasteiger partial charge is 0.214 e. The van der Waals surface area contributed by atoms with Crippen molar-refractivity contribution >= 4 is 20.0 Å². The van der Waals surface area contributed by atoms with Crippen LogP contribution < -0.4 is 14.2 Å². The molecule has 0 bridgehead atoms. The summed E-state index contributed by atoms with van der Waals surface area (Å²) in [6, 6.07) is 5.61. The fraction of sp³-hybridized carbons (Fsp3) is 0.667. The Bertz CT molecular complexity index is 856. The lowest BCUT2D eigenvalue weighted by Gasteiger charge is -2.38. The van der Waals surface area contributed by atoms with Gasteiger partial charge in [-0.05, 0) is 50.8 Å². The molecule has 160 valence electrons. The molecule has 1 aromatic rings. The van der Waals surface area contributed by atoms with Gasteiger partial charge in [0.1, 0.15) is 12.4 Å². The molecular weight excluding hydrogens is 407 g/mol. The third-order valence-electron chi connectivity index (χ3n) is 4.83. The van der Waals surface area contributed by atoms with Crippen LogP contribution in [0.5, 0.6) is 5.75 Å². The summed E-state index contributed by atoms with van der Waals surface area (Å²) in [6.07, 6.45) is 3.21. The molecule has 0 aromatic heterocycles. The lowest BCUT2D eigenvalue weighted by Crippen LogP contribution is -2.51. The van der Waals surface area contributed by atoms with Crippen molar-refractivity contribution in [3.05, 3.63) is 29.8 Å². The predicted octanol–water partition coefficient (Wildman–Crippen LogP) is 2.05. The topological polar surface area (TPSA) is 102 Å². The molecule has 0 amide bonds. The minimum Gasteiger partial charge on any atom is -0.492 e. The molecule has 1 saturated carbocycles. The maximum atomic E-state index is 15.9. The van der Waals surface area contributed by atoms with Gasteiger partial charge < -0.3 is 4.74 Å².